The average Bonchev–Trinajstić information content (AvgIpc) is 2.53. The predicted molar refractivity (Wildman–Crippen MR) is 95.7 cm³/mol. The molecular weight excluding hydrogens is 294 g/mol. The van der Waals surface area contributed by atoms with E-state index in [2.05, 4.69) is 30.0 Å². The van der Waals surface area contributed by atoms with Gasteiger partial charge in [0.2, 0.25) is 0 Å². The van der Waals surface area contributed by atoms with E-state index < -0.39 is 0 Å². The number of rotatable bonds is 7. The molecule has 1 aromatic carbocycles. The van der Waals surface area contributed by atoms with E-state index >= 15 is 0 Å². The van der Waals surface area contributed by atoms with Crippen LogP contribution < -0.4 is 16.2 Å². The molecule has 122 valence electrons. The number of carbonyl (C=O) groups excluding carboxylic acids is 1. The number of aryl methyl sites for hydroxylation is 1. The van der Waals surface area contributed by atoms with Gasteiger partial charge in [-0.1, -0.05) is 50.8 Å². The highest BCUT2D eigenvalue weighted by Crippen LogP contribution is 2.10. The number of hydrogen-bond acceptors (Lipinski definition) is 2. The van der Waals surface area contributed by atoms with Crippen LogP contribution in [0, 0.1) is 12.8 Å². The van der Waals surface area contributed by atoms with Crippen molar-refractivity contribution in [3.05, 3.63) is 35.4 Å². The van der Waals surface area contributed by atoms with Crippen LogP contribution in [0.4, 0.5) is 0 Å². The summed E-state index contributed by atoms with van der Waals surface area (Å²) in [6, 6.07) is 7.40. The second-order valence-corrected chi connectivity index (χ2v) is 5.98. The van der Waals surface area contributed by atoms with E-state index in [1.165, 1.54) is 19.3 Å². The predicted octanol–water partition coefficient (Wildman–Crippen LogP) is 3.32. The molecule has 22 heavy (non-hydrogen) atoms. The summed E-state index contributed by atoms with van der Waals surface area (Å²) in [5.74, 6) is 0.426. The maximum Gasteiger partial charge on any atom is 0.269 e. The molecule has 0 aliphatic heterocycles. The van der Waals surface area contributed by atoms with Gasteiger partial charge in [0.25, 0.3) is 5.91 Å². The third kappa shape index (κ3) is 6.89. The first-order chi connectivity index (χ1) is 10.6. The van der Waals surface area contributed by atoms with Gasteiger partial charge in [-0.05, 0) is 43.6 Å². The number of benzene rings is 1. The Kier molecular flexibility index (Phi) is 8.51. The fourth-order valence-corrected chi connectivity index (χ4v) is 2.25. The molecule has 1 rings (SSSR count). The van der Waals surface area contributed by atoms with Gasteiger partial charge >= 0.3 is 0 Å². The van der Waals surface area contributed by atoms with Gasteiger partial charge < -0.3 is 5.32 Å². The van der Waals surface area contributed by atoms with Crippen LogP contribution in [0.2, 0.25) is 0 Å². The molecule has 0 fully saturated rings. The average molecular weight is 321 g/mol. The molecule has 0 spiro atoms. The molecule has 5 heteroatoms. The summed E-state index contributed by atoms with van der Waals surface area (Å²) in [5, 5.41) is 3.62. The van der Waals surface area contributed by atoms with E-state index in [9.17, 15) is 4.79 Å². The zero-order valence-electron chi connectivity index (χ0n) is 13.7. The molecule has 0 bridgehead atoms. The Morgan fingerprint density at radius 2 is 1.86 bits per heavy atom. The maximum atomic E-state index is 11.9. The van der Waals surface area contributed by atoms with Gasteiger partial charge in [0, 0.05) is 12.1 Å². The minimum absolute atomic E-state index is 0.192. The summed E-state index contributed by atoms with van der Waals surface area (Å²) >= 11 is 5.19. The Hall–Kier alpha value is -1.62. The van der Waals surface area contributed by atoms with Crippen LogP contribution >= 0.6 is 12.2 Å². The van der Waals surface area contributed by atoms with Crippen LogP contribution in [0.1, 0.15) is 55.5 Å². The Morgan fingerprint density at radius 1 is 1.18 bits per heavy atom. The van der Waals surface area contributed by atoms with Crippen molar-refractivity contribution < 1.29 is 4.79 Å². The summed E-state index contributed by atoms with van der Waals surface area (Å²) in [7, 11) is 0. The largest absolute Gasteiger partial charge is 0.361 e. The van der Waals surface area contributed by atoms with Crippen molar-refractivity contribution in [2.24, 2.45) is 5.92 Å². The van der Waals surface area contributed by atoms with Crippen molar-refractivity contribution in [2.45, 2.75) is 46.5 Å². The third-order valence-corrected chi connectivity index (χ3v) is 3.94. The minimum Gasteiger partial charge on any atom is -0.361 e. The van der Waals surface area contributed by atoms with Gasteiger partial charge in [-0.25, -0.2) is 0 Å². The summed E-state index contributed by atoms with van der Waals surface area (Å²) in [4.78, 5) is 11.9. The van der Waals surface area contributed by atoms with E-state index in [1.807, 2.05) is 19.1 Å². The lowest BCUT2D eigenvalue weighted by atomic mass is 9.99. The lowest BCUT2D eigenvalue weighted by molar-refractivity contribution is 0.0943. The van der Waals surface area contributed by atoms with Crippen molar-refractivity contribution in [3.8, 4) is 0 Å². The fourth-order valence-electron chi connectivity index (χ4n) is 2.12. The molecule has 0 heterocycles. The van der Waals surface area contributed by atoms with Crippen molar-refractivity contribution in [3.63, 3.8) is 0 Å². The number of thiocarbonyl (C=S) groups is 1. The van der Waals surface area contributed by atoms with Crippen molar-refractivity contribution in [1.82, 2.24) is 16.2 Å². The molecule has 0 aliphatic carbocycles. The number of nitrogens with one attached hydrogen (secondary N) is 3. The van der Waals surface area contributed by atoms with Gasteiger partial charge in [-0.2, -0.15) is 0 Å². The van der Waals surface area contributed by atoms with Gasteiger partial charge in [0.1, 0.15) is 0 Å². The van der Waals surface area contributed by atoms with Crippen LogP contribution in [-0.2, 0) is 0 Å². The molecular formula is C17H27N3OS. The second kappa shape index (κ2) is 10.2. The number of amides is 1. The Balaban J connectivity index is 2.30. The first kappa shape index (κ1) is 18.4. The highest BCUT2D eigenvalue weighted by Gasteiger charge is 2.08. The van der Waals surface area contributed by atoms with E-state index in [0.29, 0.717) is 16.6 Å². The first-order valence-electron chi connectivity index (χ1n) is 7.97. The summed E-state index contributed by atoms with van der Waals surface area (Å²) in [6.45, 7) is 7.22. The van der Waals surface area contributed by atoms with Crippen molar-refractivity contribution in [2.75, 3.05) is 6.54 Å². The van der Waals surface area contributed by atoms with Gasteiger partial charge in [0.15, 0.2) is 5.11 Å². The maximum absolute atomic E-state index is 11.9. The topological polar surface area (TPSA) is 53.2 Å². The number of hydrazine groups is 1. The normalized spacial score (nSPS) is 11.6. The highest BCUT2D eigenvalue weighted by molar-refractivity contribution is 7.80. The molecule has 0 aromatic heterocycles. The monoisotopic (exact) mass is 321 g/mol. The minimum atomic E-state index is -0.192. The molecule has 0 saturated heterocycles. The molecule has 0 aliphatic rings. The molecule has 4 nitrogen and oxygen atoms in total. The molecule has 1 amide bonds. The summed E-state index contributed by atoms with van der Waals surface area (Å²) in [6.07, 6.45) is 4.79. The molecule has 0 radical (unpaired) electrons. The number of unbranched alkanes of at least 4 members (excludes halogenated alkanes) is 1. The molecule has 1 atom stereocenters. The van der Waals surface area contributed by atoms with Crippen LogP contribution in [0.25, 0.3) is 0 Å². The Morgan fingerprint density at radius 3 is 2.45 bits per heavy atom. The molecule has 1 aromatic rings. The van der Waals surface area contributed by atoms with Crippen LogP contribution in [0.5, 0.6) is 0 Å². The zero-order valence-corrected chi connectivity index (χ0v) is 14.6. The Bertz CT molecular complexity index is 473. The van der Waals surface area contributed by atoms with Crippen LogP contribution in [-0.4, -0.2) is 17.6 Å². The lowest BCUT2D eigenvalue weighted by Gasteiger charge is -2.17. The Labute approximate surface area is 139 Å². The highest BCUT2D eigenvalue weighted by atomic mass is 32.1. The van der Waals surface area contributed by atoms with E-state index in [-0.39, 0.29) is 5.91 Å². The van der Waals surface area contributed by atoms with Crippen molar-refractivity contribution in [1.29, 1.82) is 0 Å². The van der Waals surface area contributed by atoms with E-state index in [4.69, 9.17) is 12.2 Å². The fraction of sp³-hybridized carbons (Fsp3) is 0.529. The van der Waals surface area contributed by atoms with Crippen LogP contribution in [0.15, 0.2) is 24.3 Å². The first-order valence-corrected chi connectivity index (χ1v) is 8.38. The quantitative estimate of drug-likeness (QED) is 0.533. The SMILES string of the molecule is CCCC[C@@H](CC)CNC(=S)NNC(=O)c1ccc(C)cc1. The van der Waals surface area contributed by atoms with Gasteiger partial charge in [-0.15, -0.1) is 0 Å². The third-order valence-electron chi connectivity index (χ3n) is 3.70. The number of carbonyl (C=O) groups is 1. The van der Waals surface area contributed by atoms with Crippen molar-refractivity contribution >= 4 is 23.2 Å². The van der Waals surface area contributed by atoms with Gasteiger partial charge in [0.05, 0.1) is 0 Å². The molecule has 0 saturated carbocycles. The standard InChI is InChI=1S/C17H27N3OS/c1-4-6-7-14(5-2)12-18-17(22)20-19-16(21)15-10-8-13(3)9-11-15/h8-11,14H,4-7,12H2,1-3H3,(H,19,21)(H2,18,20,22)/t14-/m1/s1. The number of hydrogen-bond donors (Lipinski definition) is 3. The van der Waals surface area contributed by atoms with E-state index in [1.54, 1.807) is 12.1 Å². The summed E-state index contributed by atoms with van der Waals surface area (Å²) < 4.78 is 0. The van der Waals surface area contributed by atoms with Crippen LogP contribution in [0.3, 0.4) is 0 Å². The van der Waals surface area contributed by atoms with Gasteiger partial charge in [-0.3, -0.25) is 15.6 Å². The lowest BCUT2D eigenvalue weighted by Crippen LogP contribution is -2.47. The second-order valence-electron chi connectivity index (χ2n) is 5.57. The summed E-state index contributed by atoms with van der Waals surface area (Å²) in [5.41, 5.74) is 7.09. The zero-order chi connectivity index (χ0) is 16.4. The van der Waals surface area contributed by atoms with E-state index in [0.717, 1.165) is 18.5 Å². The molecule has 0 unspecified atom stereocenters. The molecule has 3 N–H and O–H groups in total. The smallest absolute Gasteiger partial charge is 0.269 e.